The Balaban J connectivity index is 2.26. The van der Waals surface area contributed by atoms with Gasteiger partial charge in [0, 0.05) is 37.6 Å². The van der Waals surface area contributed by atoms with Crippen LogP contribution < -0.4 is 5.32 Å². The third-order valence-corrected chi connectivity index (χ3v) is 2.56. The maximum Gasteiger partial charge on any atom is 0.135 e. The molecule has 0 aliphatic heterocycles. The molecule has 0 radical (unpaired) electrons. The molecule has 2 rings (SSSR count). The van der Waals surface area contributed by atoms with Crippen molar-refractivity contribution in [2.45, 2.75) is 19.8 Å². The van der Waals surface area contributed by atoms with Crippen molar-refractivity contribution in [2.75, 3.05) is 12.4 Å². The first-order valence-corrected chi connectivity index (χ1v) is 5.75. The van der Waals surface area contributed by atoms with Crippen LogP contribution in [0.4, 0.5) is 5.82 Å². The molecule has 17 heavy (non-hydrogen) atoms. The summed E-state index contributed by atoms with van der Waals surface area (Å²) in [5, 5.41) is 3.06. The molecule has 0 bridgehead atoms. The van der Waals surface area contributed by atoms with E-state index in [9.17, 15) is 0 Å². The van der Waals surface area contributed by atoms with Gasteiger partial charge in [0.25, 0.3) is 0 Å². The summed E-state index contributed by atoms with van der Waals surface area (Å²) >= 11 is 0. The Morgan fingerprint density at radius 3 is 2.59 bits per heavy atom. The minimum Gasteiger partial charge on any atom is -0.373 e. The minimum atomic E-state index is 0.741. The Morgan fingerprint density at radius 1 is 1.18 bits per heavy atom. The Morgan fingerprint density at radius 2 is 1.94 bits per heavy atom. The number of rotatable bonds is 4. The van der Waals surface area contributed by atoms with E-state index in [1.807, 2.05) is 25.2 Å². The van der Waals surface area contributed by atoms with Crippen LogP contribution in [0.2, 0.25) is 0 Å². The van der Waals surface area contributed by atoms with E-state index < -0.39 is 0 Å². The second kappa shape index (κ2) is 5.39. The highest BCUT2D eigenvalue weighted by atomic mass is 15.0. The van der Waals surface area contributed by atoms with Crippen LogP contribution in [0.5, 0.6) is 0 Å². The Labute approximate surface area is 101 Å². The second-order valence-corrected chi connectivity index (χ2v) is 3.80. The number of nitrogens with zero attached hydrogens (tertiary/aromatic N) is 3. The number of pyridine rings is 1. The van der Waals surface area contributed by atoms with Crippen molar-refractivity contribution in [3.8, 4) is 0 Å². The molecule has 0 aliphatic carbocycles. The number of hydrogen-bond acceptors (Lipinski definition) is 4. The predicted molar refractivity (Wildman–Crippen MR) is 68.0 cm³/mol. The van der Waals surface area contributed by atoms with Crippen molar-refractivity contribution in [2.24, 2.45) is 0 Å². The molecule has 0 atom stereocenters. The summed E-state index contributed by atoms with van der Waals surface area (Å²) in [5.74, 6) is 1.72. The molecule has 4 heteroatoms. The molecular weight excluding hydrogens is 212 g/mol. The SMILES string of the molecule is CCc1cc(NC)nc(Cc2ccncc2)n1. The first kappa shape index (κ1) is 11.5. The summed E-state index contributed by atoms with van der Waals surface area (Å²) in [6, 6.07) is 5.96. The van der Waals surface area contributed by atoms with Gasteiger partial charge in [-0.05, 0) is 24.1 Å². The third kappa shape index (κ3) is 3.00. The first-order valence-electron chi connectivity index (χ1n) is 5.75. The van der Waals surface area contributed by atoms with Gasteiger partial charge in [0.15, 0.2) is 0 Å². The molecule has 0 aliphatic rings. The molecule has 2 aromatic rings. The molecule has 88 valence electrons. The van der Waals surface area contributed by atoms with E-state index in [4.69, 9.17) is 0 Å². The molecule has 2 aromatic heterocycles. The molecule has 0 unspecified atom stereocenters. The lowest BCUT2D eigenvalue weighted by Crippen LogP contribution is -2.04. The van der Waals surface area contributed by atoms with Crippen molar-refractivity contribution >= 4 is 5.82 Å². The summed E-state index contributed by atoms with van der Waals surface area (Å²) in [6.45, 7) is 2.10. The van der Waals surface area contributed by atoms with Crippen LogP contribution in [-0.2, 0) is 12.8 Å². The van der Waals surface area contributed by atoms with Crippen molar-refractivity contribution in [3.05, 3.63) is 47.7 Å². The number of nitrogens with one attached hydrogen (secondary N) is 1. The van der Waals surface area contributed by atoms with Gasteiger partial charge in [0.1, 0.15) is 11.6 Å². The van der Waals surface area contributed by atoms with E-state index in [-0.39, 0.29) is 0 Å². The van der Waals surface area contributed by atoms with Crippen molar-refractivity contribution in [1.82, 2.24) is 15.0 Å². The highest BCUT2D eigenvalue weighted by molar-refractivity contribution is 5.35. The lowest BCUT2D eigenvalue weighted by molar-refractivity contribution is 0.906. The van der Waals surface area contributed by atoms with Crippen LogP contribution in [-0.4, -0.2) is 22.0 Å². The predicted octanol–water partition coefficient (Wildman–Crippen LogP) is 2.07. The van der Waals surface area contributed by atoms with E-state index >= 15 is 0 Å². The van der Waals surface area contributed by atoms with Crippen molar-refractivity contribution < 1.29 is 0 Å². The molecule has 0 saturated heterocycles. The normalized spacial score (nSPS) is 10.2. The van der Waals surface area contributed by atoms with Gasteiger partial charge in [-0.2, -0.15) is 0 Å². The molecule has 0 aromatic carbocycles. The van der Waals surface area contributed by atoms with Gasteiger partial charge in [-0.25, -0.2) is 9.97 Å². The summed E-state index contributed by atoms with van der Waals surface area (Å²) in [5.41, 5.74) is 2.24. The van der Waals surface area contributed by atoms with Crippen LogP contribution >= 0.6 is 0 Å². The third-order valence-electron chi connectivity index (χ3n) is 2.56. The topological polar surface area (TPSA) is 50.7 Å². The number of aromatic nitrogens is 3. The zero-order valence-electron chi connectivity index (χ0n) is 10.1. The summed E-state index contributed by atoms with van der Waals surface area (Å²) in [6.07, 6.45) is 5.24. The van der Waals surface area contributed by atoms with Gasteiger partial charge in [-0.15, -0.1) is 0 Å². The molecule has 0 spiro atoms. The van der Waals surface area contributed by atoms with Gasteiger partial charge in [-0.1, -0.05) is 6.92 Å². The smallest absolute Gasteiger partial charge is 0.135 e. The molecular formula is C13H16N4. The van der Waals surface area contributed by atoms with Crippen molar-refractivity contribution in [3.63, 3.8) is 0 Å². The van der Waals surface area contributed by atoms with Crippen LogP contribution in [0.15, 0.2) is 30.6 Å². The average Bonchev–Trinajstić information content (AvgIpc) is 2.39. The monoisotopic (exact) mass is 228 g/mol. The van der Waals surface area contributed by atoms with Gasteiger partial charge in [0.2, 0.25) is 0 Å². The zero-order valence-corrected chi connectivity index (χ0v) is 10.1. The Kier molecular flexibility index (Phi) is 3.65. The van der Waals surface area contributed by atoms with Gasteiger partial charge >= 0.3 is 0 Å². The molecule has 0 fully saturated rings. The van der Waals surface area contributed by atoms with E-state index in [1.54, 1.807) is 12.4 Å². The standard InChI is InChI=1S/C13H16N4/c1-3-11-9-12(14-2)17-13(16-11)8-10-4-6-15-7-5-10/h4-7,9H,3,8H2,1-2H3,(H,14,16,17). The fourth-order valence-electron chi connectivity index (χ4n) is 1.62. The van der Waals surface area contributed by atoms with Crippen LogP contribution in [0, 0.1) is 0 Å². The van der Waals surface area contributed by atoms with E-state index in [0.29, 0.717) is 0 Å². The summed E-state index contributed by atoms with van der Waals surface area (Å²) in [4.78, 5) is 13.0. The highest BCUT2D eigenvalue weighted by Gasteiger charge is 2.03. The lowest BCUT2D eigenvalue weighted by atomic mass is 10.2. The molecule has 2 heterocycles. The van der Waals surface area contributed by atoms with E-state index in [1.165, 1.54) is 5.56 Å². The fourth-order valence-corrected chi connectivity index (χ4v) is 1.62. The molecule has 1 N–H and O–H groups in total. The lowest BCUT2D eigenvalue weighted by Gasteiger charge is -2.06. The number of hydrogen-bond donors (Lipinski definition) is 1. The summed E-state index contributed by atoms with van der Waals surface area (Å²) < 4.78 is 0. The van der Waals surface area contributed by atoms with Gasteiger partial charge in [0.05, 0.1) is 0 Å². The van der Waals surface area contributed by atoms with E-state index in [2.05, 4.69) is 27.2 Å². The first-order chi connectivity index (χ1) is 8.31. The van der Waals surface area contributed by atoms with E-state index in [0.717, 1.165) is 30.2 Å². The summed E-state index contributed by atoms with van der Waals surface area (Å²) in [7, 11) is 1.87. The quantitative estimate of drug-likeness (QED) is 0.870. The fraction of sp³-hybridized carbons (Fsp3) is 0.308. The van der Waals surface area contributed by atoms with Crippen LogP contribution in [0.25, 0.3) is 0 Å². The van der Waals surface area contributed by atoms with Crippen LogP contribution in [0.1, 0.15) is 24.0 Å². The zero-order chi connectivity index (χ0) is 12.1. The molecule has 0 saturated carbocycles. The molecule has 0 amide bonds. The maximum atomic E-state index is 4.52. The second-order valence-electron chi connectivity index (χ2n) is 3.80. The molecule has 4 nitrogen and oxygen atoms in total. The highest BCUT2D eigenvalue weighted by Crippen LogP contribution is 2.10. The Hall–Kier alpha value is -1.97. The van der Waals surface area contributed by atoms with Gasteiger partial charge < -0.3 is 5.32 Å². The van der Waals surface area contributed by atoms with Crippen molar-refractivity contribution in [1.29, 1.82) is 0 Å². The largest absolute Gasteiger partial charge is 0.373 e. The number of aryl methyl sites for hydroxylation is 1. The average molecular weight is 228 g/mol. The minimum absolute atomic E-state index is 0.741. The van der Waals surface area contributed by atoms with Gasteiger partial charge in [-0.3, -0.25) is 4.98 Å². The Bertz CT molecular complexity index is 460. The maximum absolute atomic E-state index is 4.52. The number of anilines is 1. The van der Waals surface area contributed by atoms with Crippen LogP contribution in [0.3, 0.4) is 0 Å².